The van der Waals surface area contributed by atoms with E-state index in [1.165, 1.54) is 6.42 Å². The molecule has 0 saturated heterocycles. The predicted molar refractivity (Wildman–Crippen MR) is 80.4 cm³/mol. The Bertz CT molecular complexity index is 223. The molecule has 1 unspecified atom stereocenters. The van der Waals surface area contributed by atoms with Crippen LogP contribution in [-0.2, 0) is 0 Å². The molecule has 2 amide bonds. The number of urea groups is 1. The third-order valence-corrected chi connectivity index (χ3v) is 5.38. The lowest BCUT2D eigenvalue weighted by molar-refractivity contribution is 0.217. The van der Waals surface area contributed by atoms with Gasteiger partial charge in [-0.05, 0) is 18.3 Å². The quantitative estimate of drug-likeness (QED) is 0.500. The van der Waals surface area contributed by atoms with Crippen LogP contribution in [0.2, 0.25) is 0 Å². The first-order chi connectivity index (χ1) is 7.94. The van der Waals surface area contributed by atoms with Gasteiger partial charge in [-0.2, -0.15) is 0 Å². The summed E-state index contributed by atoms with van der Waals surface area (Å²) in [6, 6.07) is -0.269. The summed E-state index contributed by atoms with van der Waals surface area (Å²) in [5.74, 6) is 2.07. The van der Waals surface area contributed by atoms with Crippen molar-refractivity contribution < 1.29 is 4.79 Å². The molecule has 0 aromatic rings. The van der Waals surface area contributed by atoms with Crippen molar-refractivity contribution in [2.75, 3.05) is 11.5 Å². The highest BCUT2D eigenvalue weighted by atomic mass is 33.1. The molecule has 0 heterocycles. The second kappa shape index (κ2) is 8.97. The molecule has 0 aliphatic rings. The summed E-state index contributed by atoms with van der Waals surface area (Å²) < 4.78 is 0. The largest absolute Gasteiger partial charge is 0.352 e. The van der Waals surface area contributed by atoms with Crippen LogP contribution in [0, 0.1) is 5.41 Å². The zero-order chi connectivity index (χ0) is 13.3. The van der Waals surface area contributed by atoms with Crippen LogP contribution >= 0.6 is 21.6 Å². The Morgan fingerprint density at radius 2 is 1.94 bits per heavy atom. The standard InChI is InChI=1S/C12H26N2OS2/c1-5-7-12(3,4)10(14-11(13)15)9-17-16-8-6-2/h10H,5-9H2,1-4H3,(H3,13,14,15). The van der Waals surface area contributed by atoms with Crippen LogP contribution in [0.4, 0.5) is 4.79 Å². The molecule has 0 aliphatic carbocycles. The molecule has 0 rings (SSSR count). The number of amides is 2. The molecule has 1 atom stereocenters. The van der Waals surface area contributed by atoms with Crippen molar-refractivity contribution in [3.63, 3.8) is 0 Å². The third kappa shape index (κ3) is 7.82. The maximum Gasteiger partial charge on any atom is 0.312 e. The van der Waals surface area contributed by atoms with Crippen molar-refractivity contribution >= 4 is 27.6 Å². The van der Waals surface area contributed by atoms with Crippen LogP contribution in [0.15, 0.2) is 0 Å². The Balaban J connectivity index is 4.26. The van der Waals surface area contributed by atoms with E-state index < -0.39 is 6.03 Å². The van der Waals surface area contributed by atoms with E-state index in [9.17, 15) is 4.79 Å². The Labute approximate surface area is 113 Å². The molecular formula is C12H26N2OS2. The zero-order valence-electron chi connectivity index (χ0n) is 11.4. The molecule has 17 heavy (non-hydrogen) atoms. The van der Waals surface area contributed by atoms with E-state index in [2.05, 4.69) is 33.0 Å². The summed E-state index contributed by atoms with van der Waals surface area (Å²) in [6.07, 6.45) is 3.40. The maximum atomic E-state index is 11.0. The summed E-state index contributed by atoms with van der Waals surface area (Å²) in [6.45, 7) is 8.74. The van der Waals surface area contributed by atoms with Crippen molar-refractivity contribution in [1.82, 2.24) is 5.32 Å². The van der Waals surface area contributed by atoms with E-state index in [0.29, 0.717) is 0 Å². The molecule has 102 valence electrons. The van der Waals surface area contributed by atoms with Crippen molar-refractivity contribution in [2.45, 2.75) is 53.0 Å². The minimum atomic E-state index is -0.416. The minimum Gasteiger partial charge on any atom is -0.352 e. The Kier molecular flexibility index (Phi) is 8.96. The number of nitrogens with one attached hydrogen (secondary N) is 1. The first kappa shape index (κ1) is 17.0. The molecule has 0 bridgehead atoms. The Morgan fingerprint density at radius 3 is 2.41 bits per heavy atom. The number of nitrogens with two attached hydrogens (primary N) is 1. The van der Waals surface area contributed by atoms with Crippen LogP contribution in [0.5, 0.6) is 0 Å². The van der Waals surface area contributed by atoms with Gasteiger partial charge in [-0.25, -0.2) is 4.79 Å². The summed E-state index contributed by atoms with van der Waals surface area (Å²) in [7, 11) is 3.69. The molecule has 0 saturated carbocycles. The summed E-state index contributed by atoms with van der Waals surface area (Å²) in [5, 5.41) is 2.89. The highest BCUT2D eigenvalue weighted by Gasteiger charge is 2.29. The van der Waals surface area contributed by atoms with Crippen LogP contribution in [0.3, 0.4) is 0 Å². The van der Waals surface area contributed by atoms with E-state index >= 15 is 0 Å². The number of primary amides is 1. The molecule has 3 N–H and O–H groups in total. The second-order valence-corrected chi connectivity index (χ2v) is 7.53. The average molecular weight is 278 g/mol. The van der Waals surface area contributed by atoms with Gasteiger partial charge in [0.1, 0.15) is 0 Å². The van der Waals surface area contributed by atoms with Gasteiger partial charge in [0.25, 0.3) is 0 Å². The minimum absolute atomic E-state index is 0.101. The molecule has 0 aromatic carbocycles. The second-order valence-electron chi connectivity index (χ2n) is 4.91. The summed E-state index contributed by atoms with van der Waals surface area (Å²) in [5.41, 5.74) is 5.35. The molecule has 0 fully saturated rings. The molecular weight excluding hydrogens is 252 g/mol. The van der Waals surface area contributed by atoms with Crippen molar-refractivity contribution in [3.05, 3.63) is 0 Å². The number of carbonyl (C=O) groups excluding carboxylic acids is 1. The van der Waals surface area contributed by atoms with Gasteiger partial charge in [0.15, 0.2) is 0 Å². The van der Waals surface area contributed by atoms with Gasteiger partial charge in [0.2, 0.25) is 0 Å². The van der Waals surface area contributed by atoms with Crippen LogP contribution in [0.25, 0.3) is 0 Å². The van der Waals surface area contributed by atoms with E-state index in [1.807, 2.05) is 21.6 Å². The molecule has 0 aliphatic heterocycles. The Morgan fingerprint density at radius 1 is 1.29 bits per heavy atom. The van der Waals surface area contributed by atoms with Gasteiger partial charge in [0.05, 0.1) is 0 Å². The van der Waals surface area contributed by atoms with Crippen LogP contribution in [0.1, 0.15) is 47.0 Å². The Hall–Kier alpha value is -0.0300. The predicted octanol–water partition coefficient (Wildman–Crippen LogP) is 3.64. The van der Waals surface area contributed by atoms with Gasteiger partial charge in [-0.3, -0.25) is 0 Å². The van der Waals surface area contributed by atoms with Crippen molar-refractivity contribution in [3.8, 4) is 0 Å². The number of rotatable bonds is 9. The first-order valence-electron chi connectivity index (χ1n) is 6.24. The van der Waals surface area contributed by atoms with E-state index in [-0.39, 0.29) is 11.5 Å². The van der Waals surface area contributed by atoms with Crippen molar-refractivity contribution in [1.29, 1.82) is 0 Å². The SMILES string of the molecule is CCCSSCC(NC(N)=O)C(C)(C)CCC. The van der Waals surface area contributed by atoms with Crippen LogP contribution < -0.4 is 11.1 Å². The fourth-order valence-corrected chi connectivity index (χ4v) is 4.31. The smallest absolute Gasteiger partial charge is 0.312 e. The first-order valence-corrected chi connectivity index (χ1v) is 8.73. The lowest BCUT2D eigenvalue weighted by Gasteiger charge is -2.34. The third-order valence-electron chi connectivity index (χ3n) is 2.76. The molecule has 0 spiro atoms. The normalized spacial score (nSPS) is 13.4. The lowest BCUT2D eigenvalue weighted by atomic mass is 9.81. The molecule has 3 nitrogen and oxygen atoms in total. The monoisotopic (exact) mass is 278 g/mol. The number of carbonyl (C=O) groups is 1. The molecule has 5 heteroatoms. The summed E-state index contributed by atoms with van der Waals surface area (Å²) in [4.78, 5) is 11.0. The van der Waals surface area contributed by atoms with Gasteiger partial charge in [0, 0.05) is 17.5 Å². The summed E-state index contributed by atoms with van der Waals surface area (Å²) >= 11 is 0. The average Bonchev–Trinajstić information content (AvgIpc) is 2.22. The fraction of sp³-hybridized carbons (Fsp3) is 0.917. The number of hydrogen-bond donors (Lipinski definition) is 2. The highest BCUT2D eigenvalue weighted by Crippen LogP contribution is 2.32. The van der Waals surface area contributed by atoms with Crippen LogP contribution in [-0.4, -0.2) is 23.6 Å². The number of hydrogen-bond acceptors (Lipinski definition) is 3. The van der Waals surface area contributed by atoms with E-state index in [0.717, 1.165) is 24.3 Å². The van der Waals surface area contributed by atoms with Gasteiger partial charge in [-0.15, -0.1) is 0 Å². The zero-order valence-corrected chi connectivity index (χ0v) is 13.0. The molecule has 0 radical (unpaired) electrons. The van der Waals surface area contributed by atoms with Gasteiger partial charge in [-0.1, -0.05) is 55.7 Å². The fourth-order valence-electron chi connectivity index (χ4n) is 1.71. The molecule has 0 aromatic heterocycles. The van der Waals surface area contributed by atoms with E-state index in [1.54, 1.807) is 0 Å². The highest BCUT2D eigenvalue weighted by molar-refractivity contribution is 8.76. The van der Waals surface area contributed by atoms with E-state index in [4.69, 9.17) is 5.73 Å². The van der Waals surface area contributed by atoms with Gasteiger partial charge < -0.3 is 11.1 Å². The topological polar surface area (TPSA) is 55.1 Å². The maximum absolute atomic E-state index is 11.0. The lowest BCUT2D eigenvalue weighted by Crippen LogP contribution is -2.48. The van der Waals surface area contributed by atoms with Crippen molar-refractivity contribution in [2.24, 2.45) is 11.1 Å². The van der Waals surface area contributed by atoms with Gasteiger partial charge >= 0.3 is 6.03 Å².